The number of nitrogens with two attached hydrogens (primary N) is 1. The Bertz CT molecular complexity index is 343. The summed E-state index contributed by atoms with van der Waals surface area (Å²) in [5.41, 5.74) is 6.94. The predicted octanol–water partition coefficient (Wildman–Crippen LogP) is 1.85. The van der Waals surface area contributed by atoms with Crippen molar-refractivity contribution < 1.29 is 0 Å². The van der Waals surface area contributed by atoms with E-state index in [0.29, 0.717) is 11.6 Å². The third-order valence-electron chi connectivity index (χ3n) is 2.51. The van der Waals surface area contributed by atoms with Gasteiger partial charge in [-0.05, 0) is 24.5 Å². The van der Waals surface area contributed by atoms with Crippen LogP contribution in [0.15, 0.2) is 18.3 Å². The molecule has 0 spiro atoms. The predicted molar refractivity (Wildman–Crippen MR) is 68.0 cm³/mol. The average molecular weight is 220 g/mol. The molecular weight excluding hydrogens is 200 g/mol. The van der Waals surface area contributed by atoms with E-state index in [0.717, 1.165) is 18.7 Å². The minimum Gasteiger partial charge on any atom is -0.382 e. The van der Waals surface area contributed by atoms with Crippen LogP contribution in [0.25, 0.3) is 0 Å². The number of nitrogens with one attached hydrogen (secondary N) is 1. The molecule has 0 aliphatic rings. The van der Waals surface area contributed by atoms with E-state index in [1.165, 1.54) is 0 Å². The van der Waals surface area contributed by atoms with Crippen LogP contribution in [0.3, 0.4) is 0 Å². The highest BCUT2D eigenvalue weighted by Crippen LogP contribution is 2.12. The molecule has 0 aliphatic heterocycles. The third kappa shape index (κ3) is 3.53. The second-order valence-electron chi connectivity index (χ2n) is 4.42. The van der Waals surface area contributed by atoms with Gasteiger partial charge in [-0.2, -0.15) is 0 Å². The Kier molecular flexibility index (Phi) is 4.28. The smallest absolute Gasteiger partial charge is 0.141 e. The number of anilines is 1. The van der Waals surface area contributed by atoms with E-state index in [1.807, 2.05) is 13.1 Å². The minimum absolute atomic E-state index is 0.0105. The number of amidine groups is 1. The first kappa shape index (κ1) is 12.5. The van der Waals surface area contributed by atoms with E-state index in [4.69, 9.17) is 11.1 Å². The maximum Gasteiger partial charge on any atom is 0.141 e. The highest BCUT2D eigenvalue weighted by Gasteiger charge is 2.04. The zero-order valence-corrected chi connectivity index (χ0v) is 10.2. The number of aromatic nitrogens is 1. The molecule has 88 valence electrons. The number of hydrogen-bond acceptors (Lipinski definition) is 3. The van der Waals surface area contributed by atoms with Crippen molar-refractivity contribution in [2.24, 2.45) is 11.7 Å². The lowest BCUT2D eigenvalue weighted by Gasteiger charge is -2.20. The topological polar surface area (TPSA) is 66.0 Å². The highest BCUT2D eigenvalue weighted by molar-refractivity contribution is 5.93. The van der Waals surface area contributed by atoms with Crippen LogP contribution in [0.5, 0.6) is 0 Å². The molecule has 0 aliphatic carbocycles. The third-order valence-corrected chi connectivity index (χ3v) is 2.51. The van der Waals surface area contributed by atoms with Gasteiger partial charge in [0.25, 0.3) is 0 Å². The lowest BCUT2D eigenvalue weighted by molar-refractivity contribution is 0.585. The van der Waals surface area contributed by atoms with Crippen molar-refractivity contribution in [3.8, 4) is 0 Å². The molecule has 0 saturated heterocycles. The van der Waals surface area contributed by atoms with Crippen molar-refractivity contribution in [1.29, 1.82) is 5.41 Å². The molecule has 0 amide bonds. The molecule has 1 aromatic rings. The quantitative estimate of drug-likeness (QED) is 0.588. The van der Waals surface area contributed by atoms with E-state index in [9.17, 15) is 0 Å². The molecule has 0 bridgehead atoms. The largest absolute Gasteiger partial charge is 0.382 e. The molecule has 0 saturated carbocycles. The molecule has 1 aromatic heterocycles. The zero-order valence-electron chi connectivity index (χ0n) is 10.2. The summed E-state index contributed by atoms with van der Waals surface area (Å²) < 4.78 is 0. The second-order valence-corrected chi connectivity index (χ2v) is 4.42. The van der Waals surface area contributed by atoms with Crippen molar-refractivity contribution >= 4 is 11.5 Å². The molecule has 3 N–H and O–H groups in total. The molecular formula is C12H20N4. The number of pyridine rings is 1. The maximum atomic E-state index is 7.25. The molecule has 1 heterocycles. The lowest BCUT2D eigenvalue weighted by Crippen LogP contribution is -2.20. The van der Waals surface area contributed by atoms with Gasteiger partial charge in [0, 0.05) is 13.6 Å². The summed E-state index contributed by atoms with van der Waals surface area (Å²) in [6.07, 6.45) is 2.92. The van der Waals surface area contributed by atoms with E-state index < -0.39 is 0 Å². The fraction of sp³-hybridized carbons (Fsp3) is 0.500. The Morgan fingerprint density at radius 2 is 2.19 bits per heavy atom. The fourth-order valence-corrected chi connectivity index (χ4v) is 1.35. The van der Waals surface area contributed by atoms with E-state index in [1.54, 1.807) is 12.3 Å². The van der Waals surface area contributed by atoms with Crippen LogP contribution >= 0.6 is 0 Å². The van der Waals surface area contributed by atoms with Crippen molar-refractivity contribution in [3.05, 3.63) is 24.0 Å². The number of nitrogen functional groups attached to an aromatic ring is 1. The van der Waals surface area contributed by atoms with Gasteiger partial charge in [-0.25, -0.2) is 0 Å². The summed E-state index contributed by atoms with van der Waals surface area (Å²) in [5, 5.41) is 7.25. The summed E-state index contributed by atoms with van der Waals surface area (Å²) in [6, 6.07) is 3.73. The van der Waals surface area contributed by atoms with Gasteiger partial charge < -0.3 is 10.6 Å². The maximum absolute atomic E-state index is 7.25. The molecule has 1 rings (SSSR count). The van der Waals surface area contributed by atoms with E-state index in [2.05, 4.69) is 23.7 Å². The van der Waals surface area contributed by atoms with Crippen LogP contribution in [-0.2, 0) is 0 Å². The number of hydrogen-bond donors (Lipinski definition) is 2. The van der Waals surface area contributed by atoms with Crippen molar-refractivity contribution in [2.45, 2.75) is 20.3 Å². The van der Waals surface area contributed by atoms with Crippen LogP contribution in [-0.4, -0.2) is 24.4 Å². The van der Waals surface area contributed by atoms with Crippen LogP contribution in [0.1, 0.15) is 26.0 Å². The summed E-state index contributed by atoms with van der Waals surface area (Å²) in [6.45, 7) is 5.44. The normalized spacial score (nSPS) is 10.5. The fourth-order valence-electron chi connectivity index (χ4n) is 1.35. The van der Waals surface area contributed by atoms with Gasteiger partial charge in [-0.15, -0.1) is 0 Å². The second kappa shape index (κ2) is 5.49. The Morgan fingerprint density at radius 3 is 2.62 bits per heavy atom. The highest BCUT2D eigenvalue weighted by atomic mass is 15.1. The van der Waals surface area contributed by atoms with Gasteiger partial charge >= 0.3 is 0 Å². The first-order chi connectivity index (χ1) is 7.50. The molecule has 4 heteroatoms. The monoisotopic (exact) mass is 220 g/mol. The summed E-state index contributed by atoms with van der Waals surface area (Å²) in [7, 11) is 2.05. The van der Waals surface area contributed by atoms with E-state index in [-0.39, 0.29) is 5.84 Å². The van der Waals surface area contributed by atoms with Gasteiger partial charge in [0.2, 0.25) is 0 Å². The van der Waals surface area contributed by atoms with Gasteiger partial charge in [0.1, 0.15) is 11.5 Å². The Hall–Kier alpha value is -1.58. The molecule has 16 heavy (non-hydrogen) atoms. The number of nitrogens with zero attached hydrogens (tertiary/aromatic N) is 2. The molecule has 0 aromatic carbocycles. The SMILES string of the molecule is CC(C)CCN(C)c1ccc(C(=N)N)nc1. The van der Waals surface area contributed by atoms with Gasteiger partial charge in [0.05, 0.1) is 11.9 Å². The summed E-state index contributed by atoms with van der Waals surface area (Å²) >= 11 is 0. The van der Waals surface area contributed by atoms with Gasteiger partial charge in [0.15, 0.2) is 0 Å². The Labute approximate surface area is 97.0 Å². The van der Waals surface area contributed by atoms with Crippen LogP contribution < -0.4 is 10.6 Å². The van der Waals surface area contributed by atoms with Crippen molar-refractivity contribution in [1.82, 2.24) is 4.98 Å². The summed E-state index contributed by atoms with van der Waals surface area (Å²) in [5.74, 6) is 0.711. The first-order valence-electron chi connectivity index (χ1n) is 5.52. The van der Waals surface area contributed by atoms with Crippen molar-refractivity contribution in [3.63, 3.8) is 0 Å². The van der Waals surface area contributed by atoms with E-state index >= 15 is 0 Å². The van der Waals surface area contributed by atoms with Crippen LogP contribution in [0, 0.1) is 11.3 Å². The zero-order chi connectivity index (χ0) is 12.1. The minimum atomic E-state index is 0.0105. The molecule has 0 unspecified atom stereocenters. The molecule has 4 nitrogen and oxygen atoms in total. The average Bonchev–Trinajstić information content (AvgIpc) is 2.26. The standard InChI is InChI=1S/C12H20N4/c1-9(2)6-7-16(3)10-4-5-11(12(13)14)15-8-10/h4-5,8-9H,6-7H2,1-3H3,(H3,13,14). The molecule has 0 fully saturated rings. The number of rotatable bonds is 5. The lowest BCUT2D eigenvalue weighted by atomic mass is 10.1. The van der Waals surface area contributed by atoms with Crippen molar-refractivity contribution in [2.75, 3.05) is 18.5 Å². The molecule has 0 radical (unpaired) electrons. The van der Waals surface area contributed by atoms with Gasteiger partial charge in [-0.1, -0.05) is 13.8 Å². The molecule has 0 atom stereocenters. The van der Waals surface area contributed by atoms with Crippen LogP contribution in [0.2, 0.25) is 0 Å². The summed E-state index contributed by atoms with van der Waals surface area (Å²) in [4.78, 5) is 6.30. The first-order valence-corrected chi connectivity index (χ1v) is 5.52. The van der Waals surface area contributed by atoms with Gasteiger partial charge in [-0.3, -0.25) is 10.4 Å². The Balaban J connectivity index is 2.63. The van der Waals surface area contributed by atoms with Crippen LogP contribution in [0.4, 0.5) is 5.69 Å². The Morgan fingerprint density at radius 1 is 1.50 bits per heavy atom.